The molecule has 0 aliphatic rings. The lowest BCUT2D eigenvalue weighted by molar-refractivity contribution is 0.587. The molecule has 0 aliphatic heterocycles. The first-order chi connectivity index (χ1) is 9.19. The number of benzene rings is 1. The molecule has 0 unspecified atom stereocenters. The van der Waals surface area contributed by atoms with Gasteiger partial charge in [-0.15, -0.1) is 0 Å². The summed E-state index contributed by atoms with van der Waals surface area (Å²) in [6.45, 7) is 2.25. The van der Waals surface area contributed by atoms with Crippen molar-refractivity contribution in [1.29, 1.82) is 0 Å². The monoisotopic (exact) mass is 263 g/mol. The third kappa shape index (κ3) is 3.71. The molecule has 19 heavy (non-hydrogen) atoms. The highest BCUT2D eigenvalue weighted by molar-refractivity contribution is 5.36. The van der Waals surface area contributed by atoms with E-state index >= 15 is 0 Å². The van der Waals surface area contributed by atoms with E-state index in [9.17, 15) is 8.78 Å². The Labute approximate surface area is 110 Å². The maximum absolute atomic E-state index is 13.4. The van der Waals surface area contributed by atoms with Gasteiger partial charge in [-0.3, -0.25) is 0 Å². The highest BCUT2D eigenvalue weighted by atomic mass is 19.1. The molecule has 0 saturated carbocycles. The first-order valence-electron chi connectivity index (χ1n) is 6.17. The zero-order valence-corrected chi connectivity index (χ0v) is 10.7. The summed E-state index contributed by atoms with van der Waals surface area (Å²) in [5.74, 6) is -0.272. The summed E-state index contributed by atoms with van der Waals surface area (Å²) in [7, 11) is 0. The van der Waals surface area contributed by atoms with Gasteiger partial charge in [0.15, 0.2) is 0 Å². The quantitative estimate of drug-likeness (QED) is 0.899. The van der Waals surface area contributed by atoms with Gasteiger partial charge in [0.1, 0.15) is 23.8 Å². The van der Waals surface area contributed by atoms with Crippen LogP contribution in [0.15, 0.2) is 30.6 Å². The molecule has 0 atom stereocenters. The van der Waals surface area contributed by atoms with Crippen molar-refractivity contribution in [2.24, 2.45) is 0 Å². The number of nitrogens with zero attached hydrogens (tertiary/aromatic N) is 2. The minimum absolute atomic E-state index is 0.187. The standard InChI is InChI=1S/C14H15F2N3/c1-2-3-12-7-14(19-9-18-12)17-8-10-6-11(15)4-5-13(10)16/h4-7,9H,2-3,8H2,1H3,(H,17,18,19). The van der Waals surface area contributed by atoms with Gasteiger partial charge in [-0.25, -0.2) is 18.7 Å². The van der Waals surface area contributed by atoms with Crippen molar-refractivity contribution in [2.75, 3.05) is 5.32 Å². The Morgan fingerprint density at radius 1 is 1.16 bits per heavy atom. The van der Waals surface area contributed by atoms with E-state index in [1.165, 1.54) is 12.4 Å². The predicted octanol–water partition coefficient (Wildman–Crippen LogP) is 3.32. The molecule has 1 N–H and O–H groups in total. The number of aromatic nitrogens is 2. The van der Waals surface area contributed by atoms with E-state index in [1.807, 2.05) is 6.07 Å². The fraction of sp³-hybridized carbons (Fsp3) is 0.286. The van der Waals surface area contributed by atoms with Gasteiger partial charge in [-0.1, -0.05) is 13.3 Å². The Hall–Kier alpha value is -2.04. The predicted molar refractivity (Wildman–Crippen MR) is 69.7 cm³/mol. The average Bonchev–Trinajstić information content (AvgIpc) is 2.41. The smallest absolute Gasteiger partial charge is 0.129 e. The molecule has 100 valence electrons. The molecule has 5 heteroatoms. The summed E-state index contributed by atoms with van der Waals surface area (Å²) >= 11 is 0. The molecule has 1 aromatic heterocycles. The summed E-state index contributed by atoms with van der Waals surface area (Å²) in [5, 5.41) is 2.97. The summed E-state index contributed by atoms with van der Waals surface area (Å²) in [4.78, 5) is 8.18. The molecule has 1 aromatic carbocycles. The topological polar surface area (TPSA) is 37.8 Å². The van der Waals surface area contributed by atoms with E-state index in [0.29, 0.717) is 5.82 Å². The Kier molecular flexibility index (Phi) is 4.39. The minimum atomic E-state index is -0.451. The van der Waals surface area contributed by atoms with Crippen molar-refractivity contribution < 1.29 is 8.78 Å². The van der Waals surface area contributed by atoms with Gasteiger partial charge in [0.25, 0.3) is 0 Å². The highest BCUT2D eigenvalue weighted by Crippen LogP contribution is 2.12. The third-order valence-corrected chi connectivity index (χ3v) is 2.70. The fourth-order valence-corrected chi connectivity index (χ4v) is 1.75. The van der Waals surface area contributed by atoms with Gasteiger partial charge in [-0.05, 0) is 24.6 Å². The molecular formula is C14H15F2N3. The van der Waals surface area contributed by atoms with Gasteiger partial charge in [0.05, 0.1) is 0 Å². The number of anilines is 1. The molecule has 3 nitrogen and oxygen atoms in total. The van der Waals surface area contributed by atoms with Crippen LogP contribution in [0.4, 0.5) is 14.6 Å². The maximum atomic E-state index is 13.4. The second-order valence-corrected chi connectivity index (χ2v) is 4.23. The van der Waals surface area contributed by atoms with Crippen LogP contribution in [0.2, 0.25) is 0 Å². The van der Waals surface area contributed by atoms with Crippen molar-refractivity contribution >= 4 is 5.82 Å². The number of hydrogen-bond acceptors (Lipinski definition) is 3. The fourth-order valence-electron chi connectivity index (χ4n) is 1.75. The van der Waals surface area contributed by atoms with Crippen molar-refractivity contribution in [1.82, 2.24) is 9.97 Å². The molecule has 0 fully saturated rings. The number of hydrogen-bond donors (Lipinski definition) is 1. The SMILES string of the molecule is CCCc1cc(NCc2cc(F)ccc2F)ncn1. The third-order valence-electron chi connectivity index (χ3n) is 2.70. The van der Waals surface area contributed by atoms with E-state index in [4.69, 9.17) is 0 Å². The molecule has 2 rings (SSSR count). The molecule has 1 heterocycles. The highest BCUT2D eigenvalue weighted by Gasteiger charge is 2.04. The Morgan fingerprint density at radius 2 is 2.00 bits per heavy atom. The van der Waals surface area contributed by atoms with Crippen LogP contribution in [0, 0.1) is 11.6 Å². The first kappa shape index (κ1) is 13.4. The van der Waals surface area contributed by atoms with Gasteiger partial charge in [0.2, 0.25) is 0 Å². The van der Waals surface area contributed by atoms with Crippen LogP contribution < -0.4 is 5.32 Å². The van der Waals surface area contributed by atoms with Gasteiger partial charge >= 0.3 is 0 Å². The van der Waals surface area contributed by atoms with E-state index in [2.05, 4.69) is 22.2 Å². The van der Waals surface area contributed by atoms with Crippen molar-refractivity contribution in [3.8, 4) is 0 Å². The summed E-state index contributed by atoms with van der Waals surface area (Å²) in [6.07, 6.45) is 3.33. The molecule has 0 saturated heterocycles. The van der Waals surface area contributed by atoms with Crippen LogP contribution in [-0.4, -0.2) is 9.97 Å². The molecule has 2 aromatic rings. The lowest BCUT2D eigenvalue weighted by atomic mass is 10.2. The van der Waals surface area contributed by atoms with Crippen LogP contribution >= 0.6 is 0 Å². The summed E-state index contributed by atoms with van der Waals surface area (Å²) in [6, 6.07) is 5.22. The van der Waals surface area contributed by atoms with E-state index in [0.717, 1.165) is 30.7 Å². The average molecular weight is 263 g/mol. The Balaban J connectivity index is 2.05. The Bertz CT molecular complexity index is 558. The molecule has 0 bridgehead atoms. The van der Waals surface area contributed by atoms with E-state index < -0.39 is 11.6 Å². The van der Waals surface area contributed by atoms with Crippen LogP contribution in [0.5, 0.6) is 0 Å². The number of aryl methyl sites for hydroxylation is 1. The van der Waals surface area contributed by atoms with E-state index in [-0.39, 0.29) is 12.1 Å². The summed E-state index contributed by atoms with van der Waals surface area (Å²) in [5.41, 5.74) is 1.20. The molecular weight excluding hydrogens is 248 g/mol. The molecule has 0 aliphatic carbocycles. The zero-order chi connectivity index (χ0) is 13.7. The van der Waals surface area contributed by atoms with Crippen molar-refractivity contribution in [2.45, 2.75) is 26.3 Å². The lowest BCUT2D eigenvalue weighted by Crippen LogP contribution is -2.05. The van der Waals surface area contributed by atoms with Crippen LogP contribution in [0.3, 0.4) is 0 Å². The maximum Gasteiger partial charge on any atom is 0.129 e. The lowest BCUT2D eigenvalue weighted by Gasteiger charge is -2.07. The number of rotatable bonds is 5. The van der Waals surface area contributed by atoms with Crippen LogP contribution in [-0.2, 0) is 13.0 Å². The Morgan fingerprint density at radius 3 is 2.79 bits per heavy atom. The van der Waals surface area contributed by atoms with Gasteiger partial charge < -0.3 is 5.32 Å². The number of halogens is 2. The molecule has 0 spiro atoms. The first-order valence-corrected chi connectivity index (χ1v) is 6.17. The van der Waals surface area contributed by atoms with Gasteiger partial charge in [0, 0.05) is 23.9 Å². The number of nitrogens with one attached hydrogen (secondary N) is 1. The minimum Gasteiger partial charge on any atom is -0.366 e. The molecule has 0 amide bonds. The summed E-state index contributed by atoms with van der Waals surface area (Å²) < 4.78 is 26.5. The largest absolute Gasteiger partial charge is 0.366 e. The van der Waals surface area contributed by atoms with Crippen molar-refractivity contribution in [3.63, 3.8) is 0 Å². The van der Waals surface area contributed by atoms with Crippen LogP contribution in [0.25, 0.3) is 0 Å². The van der Waals surface area contributed by atoms with Crippen molar-refractivity contribution in [3.05, 3.63) is 53.5 Å². The normalized spacial score (nSPS) is 10.5. The zero-order valence-electron chi connectivity index (χ0n) is 10.7. The van der Waals surface area contributed by atoms with E-state index in [1.54, 1.807) is 0 Å². The van der Waals surface area contributed by atoms with Crippen LogP contribution in [0.1, 0.15) is 24.6 Å². The van der Waals surface area contributed by atoms with Gasteiger partial charge in [-0.2, -0.15) is 0 Å². The molecule has 0 radical (unpaired) electrons. The second-order valence-electron chi connectivity index (χ2n) is 4.23. The second kappa shape index (κ2) is 6.22.